The minimum Gasteiger partial charge on any atom is -0.496 e. The molecule has 1 unspecified atom stereocenters. The van der Waals surface area contributed by atoms with Gasteiger partial charge in [0.1, 0.15) is 11.4 Å². The monoisotopic (exact) mass is 289 g/mol. The van der Waals surface area contributed by atoms with E-state index in [1.54, 1.807) is 20.4 Å². The summed E-state index contributed by atoms with van der Waals surface area (Å²) >= 11 is 0. The van der Waals surface area contributed by atoms with Crippen LogP contribution in [0.1, 0.15) is 36.2 Å². The molecule has 0 radical (unpaired) electrons. The Morgan fingerprint density at radius 1 is 1.24 bits per heavy atom. The first-order chi connectivity index (χ1) is 10.1. The first kappa shape index (κ1) is 15.4. The van der Waals surface area contributed by atoms with E-state index in [9.17, 15) is 0 Å². The Kier molecular flexibility index (Phi) is 4.85. The molecule has 0 fully saturated rings. The van der Waals surface area contributed by atoms with Crippen molar-refractivity contribution in [1.29, 1.82) is 0 Å². The summed E-state index contributed by atoms with van der Waals surface area (Å²) in [5.41, 5.74) is 9.41. The molecule has 2 aromatic rings. The van der Waals surface area contributed by atoms with Gasteiger partial charge in [-0.15, -0.1) is 0 Å². The molecule has 5 heteroatoms. The van der Waals surface area contributed by atoms with E-state index in [0.717, 1.165) is 41.3 Å². The summed E-state index contributed by atoms with van der Waals surface area (Å²) in [5, 5.41) is 4.36. The van der Waals surface area contributed by atoms with E-state index >= 15 is 0 Å². The SMILES string of the molecule is CCCn1ncc(OC)c1C(N)c1ccc(C)c(OC)c1. The van der Waals surface area contributed by atoms with E-state index in [-0.39, 0.29) is 6.04 Å². The fourth-order valence-corrected chi connectivity index (χ4v) is 2.43. The maximum atomic E-state index is 6.45. The van der Waals surface area contributed by atoms with Crippen molar-refractivity contribution >= 4 is 0 Å². The number of methoxy groups -OCH3 is 2. The molecule has 5 nitrogen and oxygen atoms in total. The van der Waals surface area contributed by atoms with E-state index in [4.69, 9.17) is 15.2 Å². The molecule has 1 heterocycles. The standard InChI is InChI=1S/C16H23N3O2/c1-5-8-19-16(14(21-4)10-18-19)15(17)12-7-6-11(2)13(9-12)20-3/h6-7,9-10,15H,5,8,17H2,1-4H3. The Hall–Kier alpha value is -2.01. The third-order valence-corrected chi connectivity index (χ3v) is 3.59. The Morgan fingerprint density at radius 2 is 1.95 bits per heavy atom. The summed E-state index contributed by atoms with van der Waals surface area (Å²) < 4.78 is 12.7. The zero-order chi connectivity index (χ0) is 15.4. The van der Waals surface area contributed by atoms with Crippen LogP contribution in [0.4, 0.5) is 0 Å². The molecule has 0 spiro atoms. The molecule has 0 aliphatic heterocycles. The zero-order valence-corrected chi connectivity index (χ0v) is 13.1. The Bertz CT molecular complexity index is 608. The Morgan fingerprint density at radius 3 is 2.57 bits per heavy atom. The topological polar surface area (TPSA) is 62.3 Å². The van der Waals surface area contributed by atoms with Crippen LogP contribution < -0.4 is 15.2 Å². The van der Waals surface area contributed by atoms with E-state index in [2.05, 4.69) is 12.0 Å². The van der Waals surface area contributed by atoms with E-state index in [0.29, 0.717) is 0 Å². The maximum absolute atomic E-state index is 6.45. The van der Waals surface area contributed by atoms with Gasteiger partial charge in [0.05, 0.1) is 26.5 Å². The first-order valence-corrected chi connectivity index (χ1v) is 7.12. The lowest BCUT2D eigenvalue weighted by molar-refractivity contribution is 0.402. The largest absolute Gasteiger partial charge is 0.496 e. The lowest BCUT2D eigenvalue weighted by atomic mass is 10.0. The third kappa shape index (κ3) is 3.03. The van der Waals surface area contributed by atoms with E-state index in [1.165, 1.54) is 0 Å². The molecule has 0 amide bonds. The number of nitrogens with two attached hydrogens (primary N) is 1. The van der Waals surface area contributed by atoms with Crippen molar-refractivity contribution in [2.75, 3.05) is 14.2 Å². The van der Waals surface area contributed by atoms with Gasteiger partial charge in [0.25, 0.3) is 0 Å². The van der Waals surface area contributed by atoms with Crippen LogP contribution in [-0.4, -0.2) is 24.0 Å². The van der Waals surface area contributed by atoms with Gasteiger partial charge in [-0.2, -0.15) is 5.10 Å². The molecule has 21 heavy (non-hydrogen) atoms. The lowest BCUT2D eigenvalue weighted by Crippen LogP contribution is -2.18. The second kappa shape index (κ2) is 6.63. The average molecular weight is 289 g/mol. The highest BCUT2D eigenvalue weighted by molar-refractivity contribution is 5.42. The zero-order valence-electron chi connectivity index (χ0n) is 13.1. The number of benzene rings is 1. The van der Waals surface area contributed by atoms with Crippen LogP contribution in [0.5, 0.6) is 11.5 Å². The summed E-state index contributed by atoms with van der Waals surface area (Å²) in [7, 11) is 3.30. The van der Waals surface area contributed by atoms with Crippen LogP contribution in [0.15, 0.2) is 24.4 Å². The van der Waals surface area contributed by atoms with Gasteiger partial charge in [0.15, 0.2) is 5.75 Å². The molecule has 0 aliphatic carbocycles. The molecular weight excluding hydrogens is 266 g/mol. The van der Waals surface area contributed by atoms with Gasteiger partial charge in [-0.3, -0.25) is 4.68 Å². The van der Waals surface area contributed by atoms with Crippen molar-refractivity contribution < 1.29 is 9.47 Å². The molecule has 2 rings (SSSR count). The highest BCUT2D eigenvalue weighted by atomic mass is 16.5. The van der Waals surface area contributed by atoms with Crippen molar-refractivity contribution in [1.82, 2.24) is 9.78 Å². The molecule has 114 valence electrons. The fraction of sp³-hybridized carbons (Fsp3) is 0.438. The Balaban J connectivity index is 2.43. The van der Waals surface area contributed by atoms with Crippen LogP contribution in [0.25, 0.3) is 0 Å². The summed E-state index contributed by atoms with van der Waals surface area (Å²) in [4.78, 5) is 0. The number of aromatic nitrogens is 2. The highest BCUT2D eigenvalue weighted by Crippen LogP contribution is 2.31. The number of nitrogens with zero attached hydrogens (tertiary/aromatic N) is 2. The van der Waals surface area contributed by atoms with Crippen LogP contribution in [0.2, 0.25) is 0 Å². The fourth-order valence-electron chi connectivity index (χ4n) is 2.43. The molecule has 0 saturated carbocycles. The maximum Gasteiger partial charge on any atom is 0.161 e. The van der Waals surface area contributed by atoms with E-state index < -0.39 is 0 Å². The normalized spacial score (nSPS) is 12.2. The van der Waals surface area contributed by atoms with Gasteiger partial charge in [-0.25, -0.2) is 0 Å². The van der Waals surface area contributed by atoms with Crippen LogP contribution >= 0.6 is 0 Å². The molecule has 0 saturated heterocycles. The summed E-state index contributed by atoms with van der Waals surface area (Å²) in [6, 6.07) is 5.71. The van der Waals surface area contributed by atoms with Gasteiger partial charge in [-0.05, 0) is 30.5 Å². The molecule has 1 aromatic heterocycles. The first-order valence-electron chi connectivity index (χ1n) is 7.12. The molecule has 1 atom stereocenters. The minimum atomic E-state index is -0.302. The van der Waals surface area contributed by atoms with Crippen LogP contribution in [0.3, 0.4) is 0 Å². The second-order valence-electron chi connectivity index (χ2n) is 5.03. The second-order valence-corrected chi connectivity index (χ2v) is 5.03. The lowest BCUT2D eigenvalue weighted by Gasteiger charge is -2.17. The smallest absolute Gasteiger partial charge is 0.161 e. The third-order valence-electron chi connectivity index (χ3n) is 3.59. The number of hydrogen-bond donors (Lipinski definition) is 1. The molecule has 2 N–H and O–H groups in total. The Labute approximate surface area is 125 Å². The van der Waals surface area contributed by atoms with Crippen LogP contribution in [-0.2, 0) is 6.54 Å². The van der Waals surface area contributed by atoms with Crippen molar-refractivity contribution in [2.24, 2.45) is 5.73 Å². The number of ether oxygens (including phenoxy) is 2. The van der Waals surface area contributed by atoms with E-state index in [1.807, 2.05) is 29.8 Å². The van der Waals surface area contributed by atoms with Gasteiger partial charge < -0.3 is 15.2 Å². The summed E-state index contributed by atoms with van der Waals surface area (Å²) in [5.74, 6) is 1.55. The molecule has 0 aliphatic rings. The van der Waals surface area contributed by atoms with Crippen molar-refractivity contribution in [3.8, 4) is 11.5 Å². The van der Waals surface area contributed by atoms with Gasteiger partial charge in [0, 0.05) is 6.54 Å². The van der Waals surface area contributed by atoms with Crippen molar-refractivity contribution in [2.45, 2.75) is 32.9 Å². The number of rotatable bonds is 6. The van der Waals surface area contributed by atoms with Gasteiger partial charge in [-0.1, -0.05) is 19.1 Å². The summed E-state index contributed by atoms with van der Waals surface area (Å²) in [6.45, 7) is 4.93. The minimum absolute atomic E-state index is 0.302. The van der Waals surface area contributed by atoms with Crippen molar-refractivity contribution in [3.05, 3.63) is 41.2 Å². The molecule has 1 aromatic carbocycles. The van der Waals surface area contributed by atoms with Crippen molar-refractivity contribution in [3.63, 3.8) is 0 Å². The predicted octanol–water partition coefficient (Wildman–Crippen LogP) is 2.67. The number of hydrogen-bond acceptors (Lipinski definition) is 4. The van der Waals surface area contributed by atoms with Crippen LogP contribution in [0, 0.1) is 6.92 Å². The predicted molar refractivity (Wildman–Crippen MR) is 82.8 cm³/mol. The molecule has 0 bridgehead atoms. The average Bonchev–Trinajstić information content (AvgIpc) is 2.90. The van der Waals surface area contributed by atoms with Gasteiger partial charge >= 0.3 is 0 Å². The molecular formula is C16H23N3O2. The quantitative estimate of drug-likeness (QED) is 0.888. The number of aryl methyl sites for hydroxylation is 2. The highest BCUT2D eigenvalue weighted by Gasteiger charge is 2.20. The summed E-state index contributed by atoms with van der Waals surface area (Å²) in [6.07, 6.45) is 2.71. The van der Waals surface area contributed by atoms with Gasteiger partial charge in [0.2, 0.25) is 0 Å².